The maximum Gasteiger partial charge on any atom is 0.262 e. The minimum Gasteiger partial charge on any atom is -0.460 e. The molecular formula is C26H27N3O5S. The fourth-order valence-corrected chi connectivity index (χ4v) is 4.65. The summed E-state index contributed by atoms with van der Waals surface area (Å²) in [7, 11) is -2.32. The van der Waals surface area contributed by atoms with Crippen LogP contribution in [0.2, 0.25) is 0 Å². The van der Waals surface area contributed by atoms with Gasteiger partial charge in [0.15, 0.2) is 0 Å². The summed E-state index contributed by atoms with van der Waals surface area (Å²) in [6.07, 6.45) is 1.32. The molecule has 182 valence electrons. The van der Waals surface area contributed by atoms with E-state index < -0.39 is 15.9 Å². The highest BCUT2D eigenvalue weighted by molar-refractivity contribution is 7.89. The third-order valence-electron chi connectivity index (χ3n) is 5.12. The number of amides is 1. The Balaban J connectivity index is 1.85. The summed E-state index contributed by atoms with van der Waals surface area (Å²) in [6, 6.07) is 21.0. The van der Waals surface area contributed by atoms with Gasteiger partial charge in [0.05, 0.1) is 18.0 Å². The van der Waals surface area contributed by atoms with Gasteiger partial charge in [-0.2, -0.15) is 9.57 Å². The second kappa shape index (κ2) is 12.1. The Bertz CT molecular complexity index is 1310. The van der Waals surface area contributed by atoms with Gasteiger partial charge in [0.25, 0.3) is 5.91 Å². The number of hydrogen-bond donors (Lipinski definition) is 1. The third-order valence-corrected chi connectivity index (χ3v) is 6.92. The fourth-order valence-electron chi connectivity index (χ4n) is 3.26. The molecule has 0 atom stereocenters. The normalized spacial score (nSPS) is 11.9. The SMILES string of the molecule is COCCNC(=O)/C(C#N)=C\c1ccc(CN(Cc2ccccc2)S(=O)(=O)c2ccc(C)cc2)o1. The van der Waals surface area contributed by atoms with Crippen molar-refractivity contribution in [2.75, 3.05) is 20.3 Å². The van der Waals surface area contributed by atoms with Crippen LogP contribution in [-0.4, -0.2) is 38.9 Å². The number of benzene rings is 2. The molecule has 2 aromatic carbocycles. The van der Waals surface area contributed by atoms with Gasteiger partial charge in [-0.15, -0.1) is 0 Å². The van der Waals surface area contributed by atoms with Crippen LogP contribution >= 0.6 is 0 Å². The van der Waals surface area contributed by atoms with Crippen LogP contribution in [0.25, 0.3) is 6.08 Å². The second-order valence-corrected chi connectivity index (χ2v) is 9.73. The van der Waals surface area contributed by atoms with Gasteiger partial charge in [-0.05, 0) is 36.8 Å². The van der Waals surface area contributed by atoms with E-state index in [2.05, 4.69) is 5.32 Å². The van der Waals surface area contributed by atoms with E-state index in [-0.39, 0.29) is 35.9 Å². The highest BCUT2D eigenvalue weighted by atomic mass is 32.2. The zero-order valence-corrected chi connectivity index (χ0v) is 20.4. The molecule has 0 radical (unpaired) electrons. The molecule has 0 spiro atoms. The number of nitrogens with one attached hydrogen (secondary N) is 1. The minimum absolute atomic E-state index is 0.0269. The summed E-state index contributed by atoms with van der Waals surface area (Å²) < 4.78 is 38.9. The lowest BCUT2D eigenvalue weighted by molar-refractivity contribution is -0.117. The first-order chi connectivity index (χ1) is 16.8. The van der Waals surface area contributed by atoms with Gasteiger partial charge in [0.2, 0.25) is 10.0 Å². The summed E-state index contributed by atoms with van der Waals surface area (Å²) >= 11 is 0. The van der Waals surface area contributed by atoms with E-state index >= 15 is 0 Å². The van der Waals surface area contributed by atoms with Crippen LogP contribution in [-0.2, 0) is 32.6 Å². The average molecular weight is 494 g/mol. The summed E-state index contributed by atoms with van der Waals surface area (Å²) in [5.41, 5.74) is 1.66. The Hall–Kier alpha value is -3.71. The average Bonchev–Trinajstić information content (AvgIpc) is 3.30. The van der Waals surface area contributed by atoms with Crippen molar-refractivity contribution < 1.29 is 22.4 Å². The van der Waals surface area contributed by atoms with E-state index in [0.717, 1.165) is 11.1 Å². The maximum absolute atomic E-state index is 13.5. The lowest BCUT2D eigenvalue weighted by atomic mass is 10.2. The molecule has 0 unspecified atom stereocenters. The number of furan rings is 1. The summed E-state index contributed by atoms with van der Waals surface area (Å²) in [4.78, 5) is 12.4. The van der Waals surface area contributed by atoms with Crippen molar-refractivity contribution in [3.63, 3.8) is 0 Å². The van der Waals surface area contributed by atoms with Crippen LogP contribution < -0.4 is 5.32 Å². The van der Waals surface area contributed by atoms with E-state index in [9.17, 15) is 18.5 Å². The molecule has 0 bridgehead atoms. The molecule has 1 aromatic heterocycles. The molecule has 0 fully saturated rings. The number of carbonyl (C=O) groups is 1. The largest absolute Gasteiger partial charge is 0.460 e. The summed E-state index contributed by atoms with van der Waals surface area (Å²) in [5.74, 6) is 0.0981. The molecule has 1 amide bonds. The van der Waals surface area contributed by atoms with Gasteiger partial charge in [0, 0.05) is 26.3 Å². The Labute approximate surface area is 205 Å². The van der Waals surface area contributed by atoms with Crippen molar-refractivity contribution in [3.8, 4) is 6.07 Å². The fraction of sp³-hybridized carbons (Fsp3) is 0.231. The van der Waals surface area contributed by atoms with E-state index in [1.54, 1.807) is 36.4 Å². The monoisotopic (exact) mass is 493 g/mol. The lowest BCUT2D eigenvalue weighted by Gasteiger charge is -2.21. The molecule has 35 heavy (non-hydrogen) atoms. The van der Waals surface area contributed by atoms with Crippen LogP contribution in [0.15, 0.2) is 81.6 Å². The van der Waals surface area contributed by atoms with Gasteiger partial charge in [-0.3, -0.25) is 4.79 Å². The molecule has 0 aliphatic rings. The summed E-state index contributed by atoms with van der Waals surface area (Å²) in [5, 5.41) is 11.9. The Kier molecular flexibility index (Phi) is 8.98. The number of methoxy groups -OCH3 is 1. The second-order valence-electron chi connectivity index (χ2n) is 7.79. The van der Waals surface area contributed by atoms with Crippen molar-refractivity contribution >= 4 is 22.0 Å². The van der Waals surface area contributed by atoms with Crippen molar-refractivity contribution in [3.05, 3.63) is 95.0 Å². The molecule has 0 saturated heterocycles. The minimum atomic E-state index is -3.83. The number of aryl methyl sites for hydroxylation is 1. The van der Waals surface area contributed by atoms with E-state index in [1.807, 2.05) is 43.3 Å². The van der Waals surface area contributed by atoms with Crippen LogP contribution in [0, 0.1) is 18.3 Å². The number of ether oxygens (including phenoxy) is 1. The first kappa shape index (κ1) is 25.9. The maximum atomic E-state index is 13.5. The molecule has 3 aromatic rings. The highest BCUT2D eigenvalue weighted by Crippen LogP contribution is 2.23. The van der Waals surface area contributed by atoms with Gasteiger partial charge in [-0.25, -0.2) is 8.42 Å². The van der Waals surface area contributed by atoms with Gasteiger partial charge >= 0.3 is 0 Å². The topological polar surface area (TPSA) is 113 Å². The zero-order valence-electron chi connectivity index (χ0n) is 19.6. The van der Waals surface area contributed by atoms with Crippen molar-refractivity contribution in [1.29, 1.82) is 5.26 Å². The van der Waals surface area contributed by atoms with Crippen molar-refractivity contribution in [2.24, 2.45) is 0 Å². The van der Waals surface area contributed by atoms with Crippen LogP contribution in [0.5, 0.6) is 0 Å². The molecule has 3 rings (SSSR count). The Morgan fingerprint density at radius 1 is 1.09 bits per heavy atom. The Morgan fingerprint density at radius 3 is 2.46 bits per heavy atom. The third kappa shape index (κ3) is 7.13. The smallest absolute Gasteiger partial charge is 0.262 e. The molecule has 8 nitrogen and oxygen atoms in total. The zero-order chi connectivity index (χ0) is 25.3. The van der Waals surface area contributed by atoms with Crippen LogP contribution in [0.4, 0.5) is 0 Å². The van der Waals surface area contributed by atoms with Gasteiger partial charge in [-0.1, -0.05) is 48.0 Å². The quantitative estimate of drug-likeness (QED) is 0.248. The van der Waals surface area contributed by atoms with Crippen molar-refractivity contribution in [2.45, 2.75) is 24.9 Å². The predicted octanol–water partition coefficient (Wildman–Crippen LogP) is 3.65. The molecule has 1 N–H and O–H groups in total. The lowest BCUT2D eigenvalue weighted by Crippen LogP contribution is -2.30. The number of nitriles is 1. The van der Waals surface area contributed by atoms with Crippen LogP contribution in [0.3, 0.4) is 0 Å². The molecule has 0 aliphatic carbocycles. The van der Waals surface area contributed by atoms with E-state index in [4.69, 9.17) is 9.15 Å². The molecule has 0 saturated carbocycles. The number of nitrogens with zero attached hydrogens (tertiary/aromatic N) is 2. The number of hydrogen-bond acceptors (Lipinski definition) is 6. The molecular weight excluding hydrogens is 466 g/mol. The molecule has 0 aliphatic heterocycles. The van der Waals surface area contributed by atoms with E-state index in [0.29, 0.717) is 12.4 Å². The number of carbonyl (C=O) groups excluding carboxylic acids is 1. The molecule has 1 heterocycles. The number of sulfonamides is 1. The molecule has 9 heteroatoms. The van der Waals surface area contributed by atoms with Crippen LogP contribution in [0.1, 0.15) is 22.6 Å². The van der Waals surface area contributed by atoms with Gasteiger partial charge in [0.1, 0.15) is 23.2 Å². The standard InChI is InChI=1S/C26H27N3O5S/c1-20-8-12-25(13-9-20)35(31,32)29(18-21-6-4-3-5-7-21)19-24-11-10-23(34-24)16-22(17-27)26(30)28-14-15-33-2/h3-13,16H,14-15,18-19H2,1-2H3,(H,28,30)/b22-16-. The van der Waals surface area contributed by atoms with E-state index in [1.165, 1.54) is 17.5 Å². The van der Waals surface area contributed by atoms with Gasteiger partial charge < -0.3 is 14.5 Å². The van der Waals surface area contributed by atoms with Crippen molar-refractivity contribution in [1.82, 2.24) is 9.62 Å². The highest BCUT2D eigenvalue weighted by Gasteiger charge is 2.26. The first-order valence-corrected chi connectivity index (χ1v) is 12.4. The Morgan fingerprint density at radius 2 is 1.80 bits per heavy atom. The predicted molar refractivity (Wildman–Crippen MR) is 131 cm³/mol. The first-order valence-electron chi connectivity index (χ1n) is 10.9. The summed E-state index contributed by atoms with van der Waals surface area (Å²) in [6.45, 7) is 2.60. The number of rotatable bonds is 11.